The summed E-state index contributed by atoms with van der Waals surface area (Å²) in [5.74, 6) is -2.20. The molecule has 0 radical (unpaired) electrons. The molecule has 0 unspecified atom stereocenters. The van der Waals surface area contributed by atoms with Crippen molar-refractivity contribution < 1.29 is 38.1 Å². The molecule has 0 aliphatic carbocycles. The van der Waals surface area contributed by atoms with E-state index in [4.69, 9.17) is 23.7 Å². The Balaban J connectivity index is 2.97. The van der Waals surface area contributed by atoms with Crippen molar-refractivity contribution in [1.82, 2.24) is 0 Å². The van der Waals surface area contributed by atoms with Crippen LogP contribution in [-0.4, -0.2) is 48.8 Å². The van der Waals surface area contributed by atoms with Crippen molar-refractivity contribution in [2.75, 3.05) is 0 Å². The Bertz CT molecular complexity index is 405. The lowest BCUT2D eigenvalue weighted by atomic mass is 10.1. The smallest absolute Gasteiger partial charge is 0.305 e. The molecule has 0 aromatic rings. The summed E-state index contributed by atoms with van der Waals surface area (Å²) in [6.45, 7) is 7.45. The lowest BCUT2D eigenvalue weighted by Gasteiger charge is -2.28. The van der Waals surface area contributed by atoms with Gasteiger partial charge in [0.25, 0.3) is 6.47 Å². The van der Waals surface area contributed by atoms with Crippen LogP contribution in [0.4, 0.5) is 0 Å². The zero-order valence-electron chi connectivity index (χ0n) is 12.7. The van der Waals surface area contributed by atoms with E-state index in [1.54, 1.807) is 13.8 Å². The molecule has 120 valence electrons. The molecule has 1 rings (SSSR count). The maximum Gasteiger partial charge on any atom is 0.305 e. The largest absolute Gasteiger partial charge is 0.461 e. The molecule has 1 heterocycles. The summed E-state index contributed by atoms with van der Waals surface area (Å²) in [5, 5.41) is 0. The van der Waals surface area contributed by atoms with Crippen molar-refractivity contribution in [2.24, 2.45) is 0 Å². The highest BCUT2D eigenvalue weighted by Crippen LogP contribution is 2.33. The summed E-state index contributed by atoms with van der Waals surface area (Å²) >= 11 is 0. The van der Waals surface area contributed by atoms with Crippen molar-refractivity contribution >= 4 is 18.4 Å². The first-order valence-corrected chi connectivity index (χ1v) is 6.45. The molecule has 1 aliphatic heterocycles. The summed E-state index contributed by atoms with van der Waals surface area (Å²) in [4.78, 5) is 32.9. The quantitative estimate of drug-likeness (QED) is 0.398. The summed E-state index contributed by atoms with van der Waals surface area (Å²) < 4.78 is 26.1. The Morgan fingerprint density at radius 3 is 2.29 bits per heavy atom. The molecular weight excluding hydrogens is 284 g/mol. The van der Waals surface area contributed by atoms with Crippen molar-refractivity contribution in [3.8, 4) is 0 Å². The van der Waals surface area contributed by atoms with E-state index in [1.165, 1.54) is 20.8 Å². The average Bonchev–Trinajstić information content (AvgIpc) is 2.60. The first-order valence-electron chi connectivity index (χ1n) is 6.45. The van der Waals surface area contributed by atoms with Crippen molar-refractivity contribution in [3.05, 3.63) is 0 Å². The Labute approximate surface area is 122 Å². The van der Waals surface area contributed by atoms with E-state index in [2.05, 4.69) is 0 Å². The maximum atomic E-state index is 11.2. The average molecular weight is 304 g/mol. The third-order valence-corrected chi connectivity index (χ3v) is 2.73. The van der Waals surface area contributed by atoms with Gasteiger partial charge in [0.05, 0.1) is 0 Å². The molecule has 1 saturated heterocycles. The van der Waals surface area contributed by atoms with Crippen LogP contribution in [0.15, 0.2) is 0 Å². The Kier molecular flexibility index (Phi) is 5.68. The van der Waals surface area contributed by atoms with Crippen LogP contribution in [0.1, 0.15) is 34.6 Å². The standard InChI is InChI=1S/C13H20O8/c1-7(17-6-14)10(18-8(2)15)11-12(19-9(3)16)21-13(4,5)20-11/h6-7,10-12H,1-5H3/t7-,10-,11+,12-/m0/s1. The van der Waals surface area contributed by atoms with Gasteiger partial charge in [0.2, 0.25) is 6.29 Å². The molecule has 0 saturated carbocycles. The van der Waals surface area contributed by atoms with E-state index in [0.29, 0.717) is 0 Å². The molecule has 8 nitrogen and oxygen atoms in total. The first-order chi connectivity index (χ1) is 9.66. The van der Waals surface area contributed by atoms with E-state index < -0.39 is 42.3 Å². The minimum atomic E-state index is -1.07. The van der Waals surface area contributed by atoms with Crippen LogP contribution < -0.4 is 0 Å². The summed E-state index contributed by atoms with van der Waals surface area (Å²) in [7, 11) is 0. The number of carbonyl (C=O) groups excluding carboxylic acids is 3. The monoisotopic (exact) mass is 304 g/mol. The molecule has 0 bridgehead atoms. The van der Waals surface area contributed by atoms with E-state index in [0.717, 1.165) is 0 Å². The molecule has 0 aromatic carbocycles. The fraction of sp³-hybridized carbons (Fsp3) is 0.769. The summed E-state index contributed by atoms with van der Waals surface area (Å²) in [6, 6.07) is 0. The highest BCUT2D eigenvalue weighted by Gasteiger charge is 2.50. The second kappa shape index (κ2) is 6.86. The lowest BCUT2D eigenvalue weighted by Crippen LogP contribution is -2.47. The highest BCUT2D eigenvalue weighted by molar-refractivity contribution is 5.67. The second-order valence-corrected chi connectivity index (χ2v) is 5.09. The molecule has 1 fully saturated rings. The lowest BCUT2D eigenvalue weighted by molar-refractivity contribution is -0.196. The van der Waals surface area contributed by atoms with Gasteiger partial charge in [0.15, 0.2) is 18.0 Å². The predicted octanol–water partition coefficient (Wildman–Crippen LogP) is 0.520. The number of esters is 2. The van der Waals surface area contributed by atoms with Gasteiger partial charge in [0.1, 0.15) is 6.10 Å². The molecule has 0 aromatic heterocycles. The van der Waals surface area contributed by atoms with Gasteiger partial charge in [0, 0.05) is 13.8 Å². The fourth-order valence-electron chi connectivity index (χ4n) is 2.02. The topological polar surface area (TPSA) is 97.4 Å². The molecule has 1 aliphatic rings. The molecule has 21 heavy (non-hydrogen) atoms. The van der Waals surface area contributed by atoms with Crippen LogP contribution in [0.25, 0.3) is 0 Å². The van der Waals surface area contributed by atoms with Crippen molar-refractivity contribution in [1.29, 1.82) is 0 Å². The third kappa shape index (κ3) is 4.98. The van der Waals surface area contributed by atoms with Crippen LogP contribution in [0.3, 0.4) is 0 Å². The zero-order chi connectivity index (χ0) is 16.2. The number of ether oxygens (including phenoxy) is 5. The Morgan fingerprint density at radius 1 is 1.19 bits per heavy atom. The van der Waals surface area contributed by atoms with Crippen LogP contribution in [0.5, 0.6) is 0 Å². The SMILES string of the molecule is CC(=O)O[C@H]1OC(C)(C)O[C@@H]1[C@@H](OC(C)=O)[C@H](C)OC=O. The first kappa shape index (κ1) is 17.4. The van der Waals surface area contributed by atoms with Gasteiger partial charge in [-0.25, -0.2) is 0 Å². The molecule has 0 amide bonds. The third-order valence-electron chi connectivity index (χ3n) is 2.73. The second-order valence-electron chi connectivity index (χ2n) is 5.09. The van der Waals surface area contributed by atoms with Crippen LogP contribution >= 0.6 is 0 Å². The molecule has 0 spiro atoms. The van der Waals surface area contributed by atoms with Crippen molar-refractivity contribution in [3.63, 3.8) is 0 Å². The van der Waals surface area contributed by atoms with Gasteiger partial charge >= 0.3 is 11.9 Å². The Hall–Kier alpha value is -1.67. The molecule has 8 heteroatoms. The van der Waals surface area contributed by atoms with E-state index in [1.807, 2.05) is 0 Å². The summed E-state index contributed by atoms with van der Waals surface area (Å²) in [6.07, 6.45) is -3.76. The van der Waals surface area contributed by atoms with E-state index in [-0.39, 0.29) is 6.47 Å². The highest BCUT2D eigenvalue weighted by atomic mass is 16.8. The van der Waals surface area contributed by atoms with Gasteiger partial charge < -0.3 is 23.7 Å². The van der Waals surface area contributed by atoms with Gasteiger partial charge in [-0.3, -0.25) is 14.4 Å². The fourth-order valence-corrected chi connectivity index (χ4v) is 2.02. The van der Waals surface area contributed by atoms with E-state index in [9.17, 15) is 14.4 Å². The van der Waals surface area contributed by atoms with Gasteiger partial charge in [-0.2, -0.15) is 0 Å². The molecular formula is C13H20O8. The maximum absolute atomic E-state index is 11.2. The van der Waals surface area contributed by atoms with Gasteiger partial charge in [-0.15, -0.1) is 0 Å². The minimum absolute atomic E-state index is 0.239. The van der Waals surface area contributed by atoms with Crippen LogP contribution in [0.2, 0.25) is 0 Å². The van der Waals surface area contributed by atoms with E-state index >= 15 is 0 Å². The van der Waals surface area contributed by atoms with Crippen molar-refractivity contribution in [2.45, 2.75) is 65.0 Å². The number of hydrogen-bond donors (Lipinski definition) is 0. The number of carbonyl (C=O) groups is 3. The van der Waals surface area contributed by atoms with Crippen LogP contribution in [-0.2, 0) is 38.1 Å². The molecule has 0 N–H and O–H groups in total. The molecule has 4 atom stereocenters. The predicted molar refractivity (Wildman–Crippen MR) is 67.8 cm³/mol. The number of hydrogen-bond acceptors (Lipinski definition) is 8. The minimum Gasteiger partial charge on any atom is -0.461 e. The van der Waals surface area contributed by atoms with Gasteiger partial charge in [-0.1, -0.05) is 0 Å². The van der Waals surface area contributed by atoms with Crippen LogP contribution in [0, 0.1) is 0 Å². The number of rotatable bonds is 6. The zero-order valence-corrected chi connectivity index (χ0v) is 12.7. The normalized spacial score (nSPS) is 26.5. The summed E-state index contributed by atoms with van der Waals surface area (Å²) in [5.41, 5.74) is 0. The Morgan fingerprint density at radius 2 is 1.81 bits per heavy atom. The van der Waals surface area contributed by atoms with Gasteiger partial charge in [-0.05, 0) is 20.8 Å².